The summed E-state index contributed by atoms with van der Waals surface area (Å²) in [4.78, 5) is 38.3. The molecule has 2 atom stereocenters. The smallest absolute Gasteiger partial charge is 0.412 e. The van der Waals surface area contributed by atoms with E-state index in [0.29, 0.717) is 13.0 Å². The van der Waals surface area contributed by atoms with Crippen LogP contribution in [-0.4, -0.2) is 57.9 Å². The highest BCUT2D eigenvalue weighted by Crippen LogP contribution is 2.44. The number of carboxylic acids is 1. The molecule has 9 heteroatoms. The van der Waals surface area contributed by atoms with Crippen molar-refractivity contribution in [3.05, 3.63) is 71.4 Å². The second-order valence-electron chi connectivity index (χ2n) is 9.08. The molecule has 0 radical (unpaired) electrons. The molecular formula is C26H26N4O5. The second-order valence-corrected chi connectivity index (χ2v) is 9.08. The fourth-order valence-electron chi connectivity index (χ4n) is 4.98. The zero-order chi connectivity index (χ0) is 24.5. The summed E-state index contributed by atoms with van der Waals surface area (Å²) < 4.78 is 5.52. The minimum atomic E-state index is -0.905. The Labute approximate surface area is 202 Å². The van der Waals surface area contributed by atoms with Crippen molar-refractivity contribution in [1.29, 1.82) is 0 Å². The number of piperidine rings is 1. The Morgan fingerprint density at radius 2 is 1.77 bits per heavy atom. The second kappa shape index (κ2) is 9.25. The molecule has 2 aromatic carbocycles. The molecule has 5 rings (SSSR count). The number of fused-ring (bicyclic) bond motifs is 3. The third-order valence-corrected chi connectivity index (χ3v) is 6.94. The molecular weight excluding hydrogens is 448 g/mol. The first-order chi connectivity index (χ1) is 16.9. The van der Waals surface area contributed by atoms with Gasteiger partial charge in [0.05, 0.1) is 5.92 Å². The van der Waals surface area contributed by atoms with Crippen molar-refractivity contribution in [3.63, 3.8) is 0 Å². The molecule has 1 aromatic heterocycles. The molecule has 3 aromatic rings. The van der Waals surface area contributed by atoms with Crippen LogP contribution in [0.2, 0.25) is 0 Å². The molecule has 1 saturated heterocycles. The minimum Gasteiger partial charge on any atom is -0.481 e. The largest absolute Gasteiger partial charge is 0.481 e. The molecule has 2 heterocycles. The Balaban J connectivity index is 1.20. The Bertz CT molecular complexity index is 1240. The predicted octanol–water partition coefficient (Wildman–Crippen LogP) is 3.95. The standard InChI is InChI=1S/C26H26N4O5/c1-15-10-11-30(13-20(15)25(32)33)24(31)22-12-23(29-28-22)27-26(34)35-14-21-18-8-4-2-6-16(18)17-7-3-5-9-19(17)21/h2-9,12,15,20-21H,10-11,13-14H2,1H3,(H,32,33)(H2,27,28,29,34). The SMILES string of the molecule is CC1CCN(C(=O)c2cc(NC(=O)OCC3c4ccccc4-c4ccccc43)n[nH]2)CC1C(=O)O. The van der Waals surface area contributed by atoms with Crippen LogP contribution in [0.1, 0.15) is 40.9 Å². The van der Waals surface area contributed by atoms with Gasteiger partial charge in [-0.3, -0.25) is 20.0 Å². The van der Waals surface area contributed by atoms with Gasteiger partial charge in [-0.05, 0) is 34.6 Å². The number of aromatic amines is 1. The van der Waals surface area contributed by atoms with E-state index in [1.54, 1.807) is 0 Å². The van der Waals surface area contributed by atoms with Gasteiger partial charge in [0.15, 0.2) is 5.82 Å². The van der Waals surface area contributed by atoms with Crippen molar-refractivity contribution in [2.45, 2.75) is 19.3 Å². The molecule has 0 bridgehead atoms. The fraction of sp³-hybridized carbons (Fsp3) is 0.308. The van der Waals surface area contributed by atoms with E-state index in [0.717, 1.165) is 22.3 Å². The molecule has 1 fully saturated rings. The number of likely N-dealkylation sites (tertiary alicyclic amines) is 1. The van der Waals surface area contributed by atoms with E-state index in [4.69, 9.17) is 4.74 Å². The number of carbonyl (C=O) groups excluding carboxylic acids is 2. The highest BCUT2D eigenvalue weighted by atomic mass is 16.5. The van der Waals surface area contributed by atoms with Gasteiger partial charge < -0.3 is 14.7 Å². The van der Waals surface area contributed by atoms with Gasteiger partial charge in [-0.25, -0.2) is 4.79 Å². The van der Waals surface area contributed by atoms with Crippen molar-refractivity contribution in [1.82, 2.24) is 15.1 Å². The van der Waals surface area contributed by atoms with Gasteiger partial charge in [-0.15, -0.1) is 0 Å². The first-order valence-corrected chi connectivity index (χ1v) is 11.6. The number of aromatic nitrogens is 2. The number of benzene rings is 2. The number of anilines is 1. The average Bonchev–Trinajstić information content (AvgIpc) is 3.45. The Morgan fingerprint density at radius 1 is 1.11 bits per heavy atom. The molecule has 180 valence electrons. The van der Waals surface area contributed by atoms with E-state index in [1.165, 1.54) is 11.0 Å². The molecule has 35 heavy (non-hydrogen) atoms. The third kappa shape index (κ3) is 4.37. The number of hydrogen-bond acceptors (Lipinski definition) is 5. The van der Waals surface area contributed by atoms with E-state index in [-0.39, 0.29) is 42.4 Å². The Kier molecular flexibility index (Phi) is 5.98. The van der Waals surface area contributed by atoms with E-state index in [1.807, 2.05) is 43.3 Å². The molecule has 1 aliphatic carbocycles. The molecule has 9 nitrogen and oxygen atoms in total. The summed E-state index contributed by atoms with van der Waals surface area (Å²) in [6, 6.07) is 17.6. The first kappa shape index (κ1) is 22.6. The third-order valence-electron chi connectivity index (χ3n) is 6.94. The van der Waals surface area contributed by atoms with Crippen molar-refractivity contribution >= 4 is 23.8 Å². The van der Waals surface area contributed by atoms with Gasteiger partial charge in [-0.1, -0.05) is 55.5 Å². The fourth-order valence-corrected chi connectivity index (χ4v) is 4.98. The zero-order valence-electron chi connectivity index (χ0n) is 19.2. The Morgan fingerprint density at radius 3 is 2.43 bits per heavy atom. The number of carbonyl (C=O) groups is 3. The summed E-state index contributed by atoms with van der Waals surface area (Å²) >= 11 is 0. The van der Waals surface area contributed by atoms with Gasteiger partial charge in [0, 0.05) is 25.1 Å². The molecule has 2 aliphatic rings. The van der Waals surface area contributed by atoms with Gasteiger partial charge in [0.2, 0.25) is 0 Å². The van der Waals surface area contributed by atoms with Crippen molar-refractivity contribution in [2.75, 3.05) is 25.0 Å². The molecule has 3 N–H and O–H groups in total. The summed E-state index contributed by atoms with van der Waals surface area (Å²) in [6.45, 7) is 2.66. The van der Waals surface area contributed by atoms with E-state index in [2.05, 4.69) is 27.6 Å². The molecule has 0 saturated carbocycles. The predicted molar refractivity (Wildman–Crippen MR) is 128 cm³/mol. The van der Waals surface area contributed by atoms with Crippen LogP contribution in [0.15, 0.2) is 54.6 Å². The highest BCUT2D eigenvalue weighted by Gasteiger charge is 2.34. The van der Waals surface area contributed by atoms with Crippen LogP contribution in [-0.2, 0) is 9.53 Å². The molecule has 2 amide bonds. The van der Waals surface area contributed by atoms with Gasteiger partial charge in [-0.2, -0.15) is 5.10 Å². The molecule has 1 aliphatic heterocycles. The van der Waals surface area contributed by atoms with Crippen LogP contribution >= 0.6 is 0 Å². The van der Waals surface area contributed by atoms with Crippen LogP contribution in [0, 0.1) is 11.8 Å². The maximum atomic E-state index is 12.8. The van der Waals surface area contributed by atoms with Gasteiger partial charge in [0.1, 0.15) is 12.3 Å². The van der Waals surface area contributed by atoms with Crippen LogP contribution in [0.4, 0.5) is 10.6 Å². The zero-order valence-corrected chi connectivity index (χ0v) is 19.2. The average molecular weight is 475 g/mol. The van der Waals surface area contributed by atoms with Crippen LogP contribution in [0.3, 0.4) is 0 Å². The van der Waals surface area contributed by atoms with E-state index in [9.17, 15) is 19.5 Å². The van der Waals surface area contributed by atoms with E-state index < -0.39 is 18.0 Å². The quantitative estimate of drug-likeness (QED) is 0.514. The lowest BCUT2D eigenvalue weighted by Gasteiger charge is -2.34. The van der Waals surface area contributed by atoms with Crippen molar-refractivity contribution in [2.24, 2.45) is 11.8 Å². The maximum Gasteiger partial charge on any atom is 0.412 e. The lowest BCUT2D eigenvalue weighted by Crippen LogP contribution is -2.45. The topological polar surface area (TPSA) is 125 Å². The van der Waals surface area contributed by atoms with Crippen LogP contribution in [0.5, 0.6) is 0 Å². The number of hydrogen-bond donors (Lipinski definition) is 3. The van der Waals surface area contributed by atoms with Gasteiger partial charge >= 0.3 is 12.1 Å². The monoisotopic (exact) mass is 474 g/mol. The molecule has 0 spiro atoms. The van der Waals surface area contributed by atoms with E-state index >= 15 is 0 Å². The summed E-state index contributed by atoms with van der Waals surface area (Å²) in [5.41, 5.74) is 4.70. The number of nitrogens with one attached hydrogen (secondary N) is 2. The van der Waals surface area contributed by atoms with Crippen molar-refractivity contribution in [3.8, 4) is 11.1 Å². The first-order valence-electron chi connectivity index (χ1n) is 11.6. The summed E-state index contributed by atoms with van der Waals surface area (Å²) in [7, 11) is 0. The molecule has 2 unspecified atom stereocenters. The highest BCUT2D eigenvalue weighted by molar-refractivity contribution is 5.94. The Hall–Kier alpha value is -4.14. The van der Waals surface area contributed by atoms with Crippen molar-refractivity contribution < 1.29 is 24.2 Å². The summed E-state index contributed by atoms with van der Waals surface area (Å²) in [5, 5.41) is 18.6. The number of aliphatic carboxylic acids is 1. The number of carboxylic acid groups (broad SMARTS) is 1. The number of ether oxygens (including phenoxy) is 1. The van der Waals surface area contributed by atoms with Crippen LogP contribution < -0.4 is 5.32 Å². The normalized spacial score (nSPS) is 19.1. The number of nitrogens with zero attached hydrogens (tertiary/aromatic N) is 2. The number of amides is 2. The maximum absolute atomic E-state index is 12.8. The van der Waals surface area contributed by atoms with Crippen LogP contribution in [0.25, 0.3) is 11.1 Å². The van der Waals surface area contributed by atoms with Gasteiger partial charge in [0.25, 0.3) is 5.91 Å². The number of H-pyrrole nitrogens is 1. The summed E-state index contributed by atoms with van der Waals surface area (Å²) in [5.74, 6) is -1.76. The lowest BCUT2D eigenvalue weighted by molar-refractivity contribution is -0.145. The number of rotatable bonds is 5. The lowest BCUT2D eigenvalue weighted by atomic mass is 9.87. The summed E-state index contributed by atoms with van der Waals surface area (Å²) in [6.07, 6.45) is -0.0584. The minimum absolute atomic E-state index is 0.00381.